The van der Waals surface area contributed by atoms with Crippen LogP contribution in [-0.2, 0) is 6.54 Å². The van der Waals surface area contributed by atoms with Crippen molar-refractivity contribution in [2.45, 2.75) is 13.5 Å². The first kappa shape index (κ1) is 14.9. The molecule has 110 valence electrons. The van der Waals surface area contributed by atoms with E-state index in [1.165, 1.54) is 30.5 Å². The number of carbonyl (C=O) groups excluding carboxylic acids is 1. The van der Waals surface area contributed by atoms with Crippen molar-refractivity contribution in [3.8, 4) is 0 Å². The molecular weight excluding hydrogens is 292 g/mol. The van der Waals surface area contributed by atoms with Crippen molar-refractivity contribution in [1.82, 2.24) is 10.3 Å². The molecule has 0 aliphatic heterocycles. The predicted octanol–water partition coefficient (Wildman–Crippen LogP) is 2.33. The van der Waals surface area contributed by atoms with Crippen molar-refractivity contribution in [2.75, 3.05) is 12.4 Å². The molecule has 7 nitrogen and oxygen atoms in total. The second-order valence-electron chi connectivity index (χ2n) is 4.30. The number of nitrogens with zero attached hydrogens (tertiary/aromatic N) is 2. The third-order valence-electron chi connectivity index (χ3n) is 2.78. The summed E-state index contributed by atoms with van der Waals surface area (Å²) in [5.74, 6) is -0.361. The number of nitro groups is 1. The van der Waals surface area contributed by atoms with Gasteiger partial charge in [0.25, 0.3) is 11.6 Å². The van der Waals surface area contributed by atoms with E-state index in [4.69, 9.17) is 0 Å². The van der Waals surface area contributed by atoms with Gasteiger partial charge in [0.1, 0.15) is 10.7 Å². The van der Waals surface area contributed by atoms with Gasteiger partial charge in [0.2, 0.25) is 0 Å². The Morgan fingerprint density at radius 3 is 2.81 bits per heavy atom. The molecule has 0 bridgehead atoms. The van der Waals surface area contributed by atoms with Crippen LogP contribution in [0.1, 0.15) is 21.1 Å². The first-order valence-electron chi connectivity index (χ1n) is 6.16. The number of aromatic nitrogens is 1. The molecule has 2 aromatic rings. The lowest BCUT2D eigenvalue weighted by Gasteiger charge is -2.07. The normalized spacial score (nSPS) is 10.2. The smallest absolute Gasteiger partial charge is 0.293 e. The maximum atomic E-state index is 11.5. The van der Waals surface area contributed by atoms with Crippen LogP contribution in [0.3, 0.4) is 0 Å². The SMILES string of the molecule is CNC(=O)c1ccc(NCc2nc(C)cs2)c([N+](=O)[O-])c1. The highest BCUT2D eigenvalue weighted by Crippen LogP contribution is 2.26. The van der Waals surface area contributed by atoms with Crippen LogP contribution in [0.2, 0.25) is 0 Å². The summed E-state index contributed by atoms with van der Waals surface area (Å²) in [6.07, 6.45) is 0. The Kier molecular flexibility index (Phi) is 4.49. The Hall–Kier alpha value is -2.48. The molecule has 1 aromatic heterocycles. The number of amides is 1. The van der Waals surface area contributed by atoms with E-state index in [0.717, 1.165) is 10.7 Å². The van der Waals surface area contributed by atoms with Gasteiger partial charge < -0.3 is 10.6 Å². The van der Waals surface area contributed by atoms with E-state index < -0.39 is 4.92 Å². The van der Waals surface area contributed by atoms with Gasteiger partial charge >= 0.3 is 0 Å². The van der Waals surface area contributed by atoms with E-state index in [1.54, 1.807) is 6.07 Å². The number of aryl methyl sites for hydroxylation is 1. The minimum Gasteiger partial charge on any atom is -0.373 e. The van der Waals surface area contributed by atoms with Crippen LogP contribution >= 0.6 is 11.3 Å². The van der Waals surface area contributed by atoms with Gasteiger partial charge in [-0.25, -0.2) is 4.98 Å². The standard InChI is InChI=1S/C13H14N4O3S/c1-8-7-21-12(16-8)6-15-10-4-3-9(13(18)14-2)5-11(10)17(19)20/h3-5,7,15H,6H2,1-2H3,(H,14,18). The lowest BCUT2D eigenvalue weighted by atomic mass is 10.1. The fraction of sp³-hybridized carbons (Fsp3) is 0.231. The van der Waals surface area contributed by atoms with Crippen LogP contribution < -0.4 is 10.6 Å². The van der Waals surface area contributed by atoms with Crippen molar-refractivity contribution in [3.05, 3.63) is 50.0 Å². The van der Waals surface area contributed by atoms with Gasteiger partial charge in [0, 0.05) is 29.8 Å². The van der Waals surface area contributed by atoms with E-state index >= 15 is 0 Å². The number of thiazole rings is 1. The Balaban J connectivity index is 2.22. The first-order chi connectivity index (χ1) is 10.0. The molecule has 2 rings (SSSR count). The number of rotatable bonds is 5. The van der Waals surface area contributed by atoms with Crippen LogP contribution in [-0.4, -0.2) is 22.9 Å². The molecule has 8 heteroatoms. The van der Waals surface area contributed by atoms with Gasteiger partial charge in [-0.3, -0.25) is 14.9 Å². The number of hydrogen-bond acceptors (Lipinski definition) is 6. The van der Waals surface area contributed by atoms with Crippen LogP contribution in [0.5, 0.6) is 0 Å². The number of nitro benzene ring substituents is 1. The van der Waals surface area contributed by atoms with Gasteiger partial charge in [-0.2, -0.15) is 0 Å². The van der Waals surface area contributed by atoms with E-state index in [0.29, 0.717) is 12.2 Å². The van der Waals surface area contributed by atoms with E-state index in [1.807, 2.05) is 12.3 Å². The third kappa shape index (κ3) is 3.54. The highest BCUT2D eigenvalue weighted by Gasteiger charge is 2.17. The molecule has 2 N–H and O–H groups in total. The monoisotopic (exact) mass is 306 g/mol. The largest absolute Gasteiger partial charge is 0.373 e. The zero-order valence-electron chi connectivity index (χ0n) is 11.5. The third-order valence-corrected chi connectivity index (χ3v) is 3.75. The molecule has 0 unspecified atom stereocenters. The van der Waals surface area contributed by atoms with Crippen LogP contribution in [0, 0.1) is 17.0 Å². The number of anilines is 1. The zero-order chi connectivity index (χ0) is 15.4. The molecule has 0 aliphatic carbocycles. The average molecular weight is 306 g/mol. The van der Waals surface area contributed by atoms with Crippen LogP contribution in [0.25, 0.3) is 0 Å². The molecule has 1 aromatic carbocycles. The van der Waals surface area contributed by atoms with Crippen molar-refractivity contribution < 1.29 is 9.72 Å². The van der Waals surface area contributed by atoms with Crippen LogP contribution in [0.4, 0.5) is 11.4 Å². The molecule has 0 atom stereocenters. The van der Waals surface area contributed by atoms with E-state index in [2.05, 4.69) is 15.6 Å². The van der Waals surface area contributed by atoms with Gasteiger partial charge in [-0.15, -0.1) is 11.3 Å². The van der Waals surface area contributed by atoms with Gasteiger partial charge in [-0.05, 0) is 19.1 Å². The summed E-state index contributed by atoms with van der Waals surface area (Å²) < 4.78 is 0. The Bertz CT molecular complexity index is 684. The van der Waals surface area contributed by atoms with Gasteiger partial charge in [0.15, 0.2) is 0 Å². The molecule has 0 spiro atoms. The summed E-state index contributed by atoms with van der Waals surface area (Å²) >= 11 is 1.49. The lowest BCUT2D eigenvalue weighted by Crippen LogP contribution is -2.18. The second kappa shape index (κ2) is 6.31. The Morgan fingerprint density at radius 2 is 2.24 bits per heavy atom. The molecule has 0 saturated carbocycles. The quantitative estimate of drug-likeness (QED) is 0.652. The molecule has 0 radical (unpaired) electrons. The Labute approximate surface area is 125 Å². The number of benzene rings is 1. The molecule has 21 heavy (non-hydrogen) atoms. The predicted molar refractivity (Wildman–Crippen MR) is 80.7 cm³/mol. The summed E-state index contributed by atoms with van der Waals surface area (Å²) in [7, 11) is 1.48. The summed E-state index contributed by atoms with van der Waals surface area (Å²) in [5.41, 5.74) is 1.39. The van der Waals surface area contributed by atoms with Crippen molar-refractivity contribution in [2.24, 2.45) is 0 Å². The molecule has 1 heterocycles. The Morgan fingerprint density at radius 1 is 1.48 bits per heavy atom. The highest BCUT2D eigenvalue weighted by atomic mass is 32.1. The second-order valence-corrected chi connectivity index (χ2v) is 5.25. The molecule has 1 amide bonds. The maximum Gasteiger partial charge on any atom is 0.293 e. The van der Waals surface area contributed by atoms with Crippen LogP contribution in [0.15, 0.2) is 23.6 Å². The summed E-state index contributed by atoms with van der Waals surface area (Å²) in [5, 5.41) is 19.3. The van der Waals surface area contributed by atoms with Crippen molar-refractivity contribution >= 4 is 28.6 Å². The van der Waals surface area contributed by atoms with Crippen molar-refractivity contribution in [1.29, 1.82) is 0 Å². The fourth-order valence-corrected chi connectivity index (χ4v) is 2.48. The van der Waals surface area contributed by atoms with E-state index in [-0.39, 0.29) is 17.2 Å². The highest BCUT2D eigenvalue weighted by molar-refractivity contribution is 7.09. The topological polar surface area (TPSA) is 97.2 Å². The number of hydrogen-bond donors (Lipinski definition) is 2. The summed E-state index contributed by atoms with van der Waals surface area (Å²) in [4.78, 5) is 26.4. The first-order valence-corrected chi connectivity index (χ1v) is 7.04. The number of nitrogens with one attached hydrogen (secondary N) is 2. The molecule has 0 aliphatic rings. The van der Waals surface area contributed by atoms with E-state index in [9.17, 15) is 14.9 Å². The minimum atomic E-state index is -0.512. The molecular formula is C13H14N4O3S. The summed E-state index contributed by atoms with van der Waals surface area (Å²) in [6, 6.07) is 4.33. The maximum absolute atomic E-state index is 11.5. The fourth-order valence-electron chi connectivity index (χ4n) is 1.77. The lowest BCUT2D eigenvalue weighted by molar-refractivity contribution is -0.384. The zero-order valence-corrected chi connectivity index (χ0v) is 12.4. The summed E-state index contributed by atoms with van der Waals surface area (Å²) in [6.45, 7) is 2.29. The van der Waals surface area contributed by atoms with Gasteiger partial charge in [0.05, 0.1) is 11.5 Å². The number of carbonyl (C=O) groups is 1. The molecule has 0 saturated heterocycles. The van der Waals surface area contributed by atoms with Crippen molar-refractivity contribution in [3.63, 3.8) is 0 Å². The molecule has 0 fully saturated rings. The average Bonchev–Trinajstić information content (AvgIpc) is 2.89. The van der Waals surface area contributed by atoms with Gasteiger partial charge in [-0.1, -0.05) is 0 Å². The minimum absolute atomic E-state index is 0.135.